The second-order valence-corrected chi connectivity index (χ2v) is 23.6. The SMILES string of the molecule is CN(C)CN(C)[SiH2]N1[SiH2]NCN(CNCN2CN[SiH2]N(C)[SiH2]N[SiH2]2)[SiH2]1. The molecule has 148 valence electrons. The lowest BCUT2D eigenvalue weighted by Crippen LogP contribution is -2.63. The Bertz CT molecular complexity index is 360. The second kappa shape index (κ2) is 12.4. The van der Waals surface area contributed by atoms with E-state index in [1.807, 2.05) is 0 Å². The first-order chi connectivity index (χ1) is 12.0. The van der Waals surface area contributed by atoms with Gasteiger partial charge in [0.2, 0.25) is 0 Å². The van der Waals surface area contributed by atoms with E-state index in [9.17, 15) is 0 Å². The summed E-state index contributed by atoms with van der Waals surface area (Å²) in [4.78, 5) is 9.66. The maximum Gasteiger partial charge on any atom is 0.166 e. The van der Waals surface area contributed by atoms with Crippen LogP contribution in [0.3, 0.4) is 0 Å². The summed E-state index contributed by atoms with van der Waals surface area (Å²) in [7, 11) is 7.54. The van der Waals surface area contributed by atoms with Crippen molar-refractivity contribution in [2.75, 3.05) is 61.5 Å². The van der Waals surface area contributed by atoms with Gasteiger partial charge in [0.15, 0.2) is 59.1 Å². The van der Waals surface area contributed by atoms with Gasteiger partial charge in [0, 0.05) is 33.3 Å². The Balaban J connectivity index is 1.61. The van der Waals surface area contributed by atoms with Crippen LogP contribution in [0.15, 0.2) is 0 Å². The van der Waals surface area contributed by atoms with E-state index in [0.717, 1.165) is 33.3 Å². The second-order valence-electron chi connectivity index (χ2n) is 7.49. The van der Waals surface area contributed by atoms with E-state index >= 15 is 0 Å². The fourth-order valence-corrected chi connectivity index (χ4v) is 19.6. The average molecular weight is 455 g/mol. The van der Waals surface area contributed by atoms with Gasteiger partial charge >= 0.3 is 0 Å². The highest BCUT2D eigenvalue weighted by Crippen LogP contribution is 1.94. The van der Waals surface area contributed by atoms with Gasteiger partial charge in [-0.3, -0.25) is 19.3 Å². The van der Waals surface area contributed by atoms with Crippen LogP contribution in [0.1, 0.15) is 0 Å². The monoisotopic (exact) mass is 454 g/mol. The maximum atomic E-state index is 3.78. The third-order valence-electron chi connectivity index (χ3n) is 4.14. The van der Waals surface area contributed by atoms with Gasteiger partial charge in [-0.05, 0) is 28.2 Å². The van der Waals surface area contributed by atoms with Crippen molar-refractivity contribution >= 4 is 59.1 Å². The van der Waals surface area contributed by atoms with Crippen molar-refractivity contribution < 1.29 is 0 Å². The number of hydrogen-bond acceptors (Lipinski definition) is 10. The number of nitrogens with zero attached hydrogens (tertiary/aromatic N) is 6. The van der Waals surface area contributed by atoms with Crippen LogP contribution in [0, 0.1) is 0 Å². The first-order valence-electron chi connectivity index (χ1n) is 9.04. The highest BCUT2D eigenvalue weighted by molar-refractivity contribution is 6.63. The first-order valence-corrected chi connectivity index (χ1v) is 16.9. The summed E-state index contributed by atoms with van der Waals surface area (Å²) in [6.07, 6.45) is 0. The zero-order chi connectivity index (χ0) is 18.1. The molecule has 0 atom stereocenters. The smallest absolute Gasteiger partial charge is 0.166 e. The minimum Gasteiger partial charge on any atom is -0.347 e. The lowest BCUT2D eigenvalue weighted by Gasteiger charge is -2.38. The van der Waals surface area contributed by atoms with Crippen molar-refractivity contribution in [2.24, 2.45) is 0 Å². The van der Waals surface area contributed by atoms with Gasteiger partial charge in [0.05, 0.1) is 0 Å². The maximum absolute atomic E-state index is 3.78. The molecule has 0 aromatic carbocycles. The van der Waals surface area contributed by atoms with Crippen LogP contribution in [0.4, 0.5) is 0 Å². The van der Waals surface area contributed by atoms with Crippen molar-refractivity contribution in [1.82, 2.24) is 46.7 Å². The Morgan fingerprint density at radius 1 is 1.00 bits per heavy atom. The zero-order valence-electron chi connectivity index (χ0n) is 16.5. The first kappa shape index (κ1) is 22.2. The number of rotatable bonds is 8. The minimum absolute atomic E-state index is 0.169. The molecule has 0 saturated carbocycles. The molecule has 2 aliphatic rings. The summed E-state index contributed by atoms with van der Waals surface area (Å²) in [5.41, 5.74) is 0. The number of nitrogens with one attached hydrogen (secondary N) is 4. The molecule has 16 heteroatoms. The lowest BCUT2D eigenvalue weighted by molar-refractivity contribution is 0.292. The number of hydrogen-bond donors (Lipinski definition) is 4. The molecule has 0 bridgehead atoms. The Labute approximate surface area is 167 Å². The molecule has 2 aliphatic heterocycles. The molecule has 0 aromatic rings. The largest absolute Gasteiger partial charge is 0.347 e. The third kappa shape index (κ3) is 9.59. The molecule has 4 N–H and O–H groups in total. The molecule has 0 radical (unpaired) electrons. The van der Waals surface area contributed by atoms with Gasteiger partial charge in [0.25, 0.3) is 0 Å². The molecule has 2 rings (SSSR count). The Hall–Kier alpha value is 0.901. The van der Waals surface area contributed by atoms with Crippen LogP contribution in [0.25, 0.3) is 0 Å². The Kier molecular flexibility index (Phi) is 11.0. The molecule has 0 spiro atoms. The van der Waals surface area contributed by atoms with Crippen molar-refractivity contribution in [3.05, 3.63) is 0 Å². The summed E-state index contributed by atoms with van der Waals surface area (Å²) < 4.78 is 17.0. The third-order valence-corrected chi connectivity index (χ3v) is 16.7. The van der Waals surface area contributed by atoms with Gasteiger partial charge in [0.1, 0.15) is 0 Å². The van der Waals surface area contributed by atoms with E-state index in [1.165, 1.54) is 0 Å². The summed E-state index contributed by atoms with van der Waals surface area (Å²) in [6, 6.07) is 0. The van der Waals surface area contributed by atoms with E-state index in [-0.39, 0.29) is 59.1 Å². The highest BCUT2D eigenvalue weighted by Gasteiger charge is 2.19. The van der Waals surface area contributed by atoms with Gasteiger partial charge in [-0.15, -0.1) is 0 Å². The van der Waals surface area contributed by atoms with Crippen LogP contribution < -0.4 is 19.9 Å². The van der Waals surface area contributed by atoms with Crippen LogP contribution in [0.2, 0.25) is 0 Å². The molecule has 0 aliphatic carbocycles. The summed E-state index contributed by atoms with van der Waals surface area (Å²) in [5, 5.41) is 3.69. The molecule has 2 heterocycles. The fraction of sp³-hybridized carbons (Fsp3) is 1.00. The van der Waals surface area contributed by atoms with E-state index < -0.39 is 0 Å². The van der Waals surface area contributed by atoms with Crippen molar-refractivity contribution in [1.29, 1.82) is 0 Å². The molecule has 25 heavy (non-hydrogen) atoms. The Morgan fingerprint density at radius 3 is 2.52 bits per heavy atom. The topological polar surface area (TPSA) is 67.6 Å². The summed E-state index contributed by atoms with van der Waals surface area (Å²) >= 11 is 0. The molecule has 10 nitrogen and oxygen atoms in total. The molecular weight excluding hydrogens is 417 g/mol. The summed E-state index contributed by atoms with van der Waals surface area (Å²) in [5.74, 6) is 0. The zero-order valence-corrected chi connectivity index (χ0v) is 24.9. The van der Waals surface area contributed by atoms with Gasteiger partial charge < -0.3 is 27.3 Å². The normalized spacial score (nSPS) is 28.6. The van der Waals surface area contributed by atoms with E-state index in [0.29, 0.717) is 0 Å². The van der Waals surface area contributed by atoms with Crippen LogP contribution in [-0.4, -0.2) is 147 Å². The summed E-state index contributed by atoms with van der Waals surface area (Å²) in [6.45, 7) is 5.32. The fourth-order valence-electron chi connectivity index (χ4n) is 3.21. The van der Waals surface area contributed by atoms with Gasteiger partial charge in [-0.2, -0.15) is 0 Å². The average Bonchev–Trinajstić information content (AvgIpc) is 2.51. The van der Waals surface area contributed by atoms with Crippen LogP contribution in [0.5, 0.6) is 0 Å². The lowest BCUT2D eigenvalue weighted by atomic mass is 10.9. The van der Waals surface area contributed by atoms with E-state index in [4.69, 9.17) is 0 Å². The molecule has 0 aromatic heterocycles. The van der Waals surface area contributed by atoms with Crippen molar-refractivity contribution in [2.45, 2.75) is 0 Å². The molecule has 0 unspecified atom stereocenters. The minimum atomic E-state index is -0.282. The van der Waals surface area contributed by atoms with Gasteiger partial charge in [-0.1, -0.05) is 0 Å². The predicted octanol–water partition coefficient (Wildman–Crippen LogP) is -8.52. The molecule has 2 saturated heterocycles. The quantitative estimate of drug-likeness (QED) is 0.210. The van der Waals surface area contributed by atoms with Crippen molar-refractivity contribution in [3.8, 4) is 0 Å². The molecular formula is C9H38N10Si6. The van der Waals surface area contributed by atoms with Crippen LogP contribution in [-0.2, 0) is 0 Å². The Morgan fingerprint density at radius 2 is 1.72 bits per heavy atom. The van der Waals surface area contributed by atoms with E-state index in [1.54, 1.807) is 0 Å². The standard InChI is InChI=1S/C9H38N10Si6/c1-14(2)9-15(3)24-19-21-12-8-18(25-19)6-10-5-17-7-11-20-16(4)22-13-23-17/h10-13H,5-9,20-25H2,1-4H3. The predicted molar refractivity (Wildman–Crippen MR) is 123 cm³/mol. The van der Waals surface area contributed by atoms with Gasteiger partial charge in [-0.25, -0.2) is 0 Å². The van der Waals surface area contributed by atoms with Crippen LogP contribution >= 0.6 is 0 Å². The highest BCUT2D eigenvalue weighted by atomic mass is 28.4. The van der Waals surface area contributed by atoms with Crippen molar-refractivity contribution in [3.63, 3.8) is 0 Å². The molecule has 0 amide bonds. The van der Waals surface area contributed by atoms with E-state index in [2.05, 4.69) is 74.8 Å². The molecule has 2 fully saturated rings.